The van der Waals surface area contributed by atoms with E-state index >= 15 is 0 Å². The molecule has 8 heteroatoms. The molecule has 3 aromatic carbocycles. The van der Waals surface area contributed by atoms with Crippen molar-refractivity contribution in [2.75, 3.05) is 13.1 Å². The molecule has 1 fully saturated rings. The molecule has 0 saturated carbocycles. The minimum atomic E-state index is -3.79. The van der Waals surface area contributed by atoms with Crippen LogP contribution in [0.2, 0.25) is 0 Å². The van der Waals surface area contributed by atoms with Crippen LogP contribution in [0, 0.1) is 6.92 Å². The molecule has 0 bridgehead atoms. The average molecular weight is 492 g/mol. The maximum atomic E-state index is 12.9. The third-order valence-corrected chi connectivity index (χ3v) is 7.49. The molecule has 0 unspecified atom stereocenters. The maximum Gasteiger partial charge on any atom is 0.253 e. The van der Waals surface area contributed by atoms with Crippen LogP contribution in [0.1, 0.15) is 50.2 Å². The van der Waals surface area contributed by atoms with Crippen LogP contribution in [-0.2, 0) is 23.1 Å². The quantitative estimate of drug-likeness (QED) is 0.503. The van der Waals surface area contributed by atoms with Crippen LogP contribution in [0.3, 0.4) is 0 Å². The van der Waals surface area contributed by atoms with Crippen molar-refractivity contribution in [3.8, 4) is 0 Å². The maximum absolute atomic E-state index is 12.9. The van der Waals surface area contributed by atoms with E-state index in [0.29, 0.717) is 11.1 Å². The molecule has 0 aliphatic carbocycles. The van der Waals surface area contributed by atoms with E-state index in [2.05, 4.69) is 10.0 Å². The first-order chi connectivity index (χ1) is 16.8. The van der Waals surface area contributed by atoms with Gasteiger partial charge in [-0.1, -0.05) is 48.5 Å². The molecule has 0 spiro atoms. The van der Waals surface area contributed by atoms with Gasteiger partial charge >= 0.3 is 0 Å². The number of carbonyl (C=O) groups is 2. The fourth-order valence-corrected chi connectivity index (χ4v) is 5.11. The number of aryl methyl sites for hydroxylation is 1. The van der Waals surface area contributed by atoms with Gasteiger partial charge in [0.1, 0.15) is 0 Å². The Morgan fingerprint density at radius 2 is 1.57 bits per heavy atom. The Hall–Kier alpha value is -3.49. The normalized spacial score (nSPS) is 13.6. The molecular formula is C27H29N3O4S. The lowest BCUT2D eigenvalue weighted by molar-refractivity contribution is 0.0792. The number of hydrogen-bond acceptors (Lipinski definition) is 4. The molecule has 4 rings (SSSR count). The van der Waals surface area contributed by atoms with Gasteiger partial charge in [0, 0.05) is 37.3 Å². The lowest BCUT2D eigenvalue weighted by Crippen LogP contribution is -2.28. The van der Waals surface area contributed by atoms with Gasteiger partial charge in [-0.2, -0.15) is 0 Å². The van der Waals surface area contributed by atoms with Crippen molar-refractivity contribution < 1.29 is 18.0 Å². The Morgan fingerprint density at radius 3 is 2.31 bits per heavy atom. The minimum absolute atomic E-state index is 0.00688. The van der Waals surface area contributed by atoms with E-state index in [4.69, 9.17) is 0 Å². The predicted octanol–water partition coefficient (Wildman–Crippen LogP) is 3.64. The number of amides is 2. The van der Waals surface area contributed by atoms with Crippen LogP contribution in [0.5, 0.6) is 0 Å². The van der Waals surface area contributed by atoms with Gasteiger partial charge in [-0.25, -0.2) is 13.1 Å². The van der Waals surface area contributed by atoms with Crippen molar-refractivity contribution in [1.82, 2.24) is 14.9 Å². The zero-order chi connectivity index (χ0) is 24.8. The number of sulfonamides is 1. The summed E-state index contributed by atoms with van der Waals surface area (Å²) in [6, 6.07) is 21.0. The number of hydrogen-bond donors (Lipinski definition) is 2. The molecular weight excluding hydrogens is 462 g/mol. The lowest BCUT2D eigenvalue weighted by Gasteiger charge is -2.16. The number of rotatable bonds is 8. The van der Waals surface area contributed by atoms with Crippen LogP contribution in [-0.4, -0.2) is 38.2 Å². The minimum Gasteiger partial charge on any atom is -0.348 e. The third kappa shape index (κ3) is 6.15. The number of nitrogens with zero attached hydrogens (tertiary/aromatic N) is 1. The molecule has 1 saturated heterocycles. The van der Waals surface area contributed by atoms with E-state index in [1.807, 2.05) is 47.4 Å². The van der Waals surface area contributed by atoms with Crippen molar-refractivity contribution in [2.24, 2.45) is 0 Å². The second-order valence-electron chi connectivity index (χ2n) is 8.67. The van der Waals surface area contributed by atoms with Gasteiger partial charge < -0.3 is 10.2 Å². The average Bonchev–Trinajstić information content (AvgIpc) is 3.42. The molecule has 35 heavy (non-hydrogen) atoms. The summed E-state index contributed by atoms with van der Waals surface area (Å²) in [6.45, 7) is 3.70. The highest BCUT2D eigenvalue weighted by Crippen LogP contribution is 2.17. The largest absolute Gasteiger partial charge is 0.348 e. The van der Waals surface area contributed by atoms with Crippen molar-refractivity contribution in [3.63, 3.8) is 0 Å². The van der Waals surface area contributed by atoms with Gasteiger partial charge in [-0.15, -0.1) is 0 Å². The zero-order valence-electron chi connectivity index (χ0n) is 19.7. The molecule has 2 N–H and O–H groups in total. The Labute approximate surface area is 206 Å². The van der Waals surface area contributed by atoms with Crippen LogP contribution in [0.25, 0.3) is 0 Å². The SMILES string of the molecule is Cc1ccc(S(=O)(=O)NCc2ccccc2)cc1C(=O)NCc1cccc(C(=O)N2CCCC2)c1. The van der Waals surface area contributed by atoms with Gasteiger partial charge in [0.15, 0.2) is 0 Å². The molecule has 1 aliphatic heterocycles. The second kappa shape index (κ2) is 10.8. The summed E-state index contributed by atoms with van der Waals surface area (Å²) in [4.78, 5) is 27.5. The van der Waals surface area contributed by atoms with Crippen molar-refractivity contribution >= 4 is 21.8 Å². The first-order valence-electron chi connectivity index (χ1n) is 11.6. The molecule has 1 heterocycles. The van der Waals surface area contributed by atoms with Crippen molar-refractivity contribution in [1.29, 1.82) is 0 Å². The van der Waals surface area contributed by atoms with E-state index in [1.54, 1.807) is 25.1 Å². The number of benzene rings is 3. The van der Waals surface area contributed by atoms with Gasteiger partial charge in [0.25, 0.3) is 11.8 Å². The summed E-state index contributed by atoms with van der Waals surface area (Å²) in [5, 5.41) is 2.85. The summed E-state index contributed by atoms with van der Waals surface area (Å²) in [5.74, 6) is -0.369. The van der Waals surface area contributed by atoms with Gasteiger partial charge in [-0.05, 0) is 60.7 Å². The van der Waals surface area contributed by atoms with E-state index in [-0.39, 0.29) is 35.4 Å². The van der Waals surface area contributed by atoms with Crippen molar-refractivity contribution in [2.45, 2.75) is 37.8 Å². The highest BCUT2D eigenvalue weighted by molar-refractivity contribution is 7.89. The van der Waals surface area contributed by atoms with Gasteiger partial charge in [-0.3, -0.25) is 9.59 Å². The van der Waals surface area contributed by atoms with Crippen LogP contribution >= 0.6 is 0 Å². The Balaban J connectivity index is 1.43. The smallest absolute Gasteiger partial charge is 0.253 e. The summed E-state index contributed by atoms with van der Waals surface area (Å²) in [6.07, 6.45) is 2.05. The molecule has 0 atom stereocenters. The Bertz CT molecular complexity index is 1320. The summed E-state index contributed by atoms with van der Waals surface area (Å²) >= 11 is 0. The summed E-state index contributed by atoms with van der Waals surface area (Å²) in [7, 11) is -3.79. The molecule has 7 nitrogen and oxygen atoms in total. The highest BCUT2D eigenvalue weighted by atomic mass is 32.2. The molecule has 0 aromatic heterocycles. The van der Waals surface area contributed by atoms with E-state index in [9.17, 15) is 18.0 Å². The fourth-order valence-electron chi connectivity index (χ4n) is 4.07. The molecule has 3 aromatic rings. The Kier molecular flexibility index (Phi) is 7.63. The number of nitrogens with one attached hydrogen (secondary N) is 2. The lowest BCUT2D eigenvalue weighted by atomic mass is 10.1. The van der Waals surface area contributed by atoms with Crippen LogP contribution in [0.15, 0.2) is 77.7 Å². The predicted molar refractivity (Wildman–Crippen MR) is 134 cm³/mol. The topological polar surface area (TPSA) is 95.6 Å². The van der Waals surface area contributed by atoms with Crippen LogP contribution in [0.4, 0.5) is 0 Å². The zero-order valence-corrected chi connectivity index (χ0v) is 20.5. The molecule has 182 valence electrons. The Morgan fingerprint density at radius 1 is 0.857 bits per heavy atom. The van der Waals surface area contributed by atoms with E-state index < -0.39 is 10.0 Å². The van der Waals surface area contributed by atoms with E-state index in [1.165, 1.54) is 12.1 Å². The van der Waals surface area contributed by atoms with Crippen LogP contribution < -0.4 is 10.0 Å². The van der Waals surface area contributed by atoms with E-state index in [0.717, 1.165) is 37.1 Å². The monoisotopic (exact) mass is 491 g/mol. The van der Waals surface area contributed by atoms with Gasteiger partial charge in [0.2, 0.25) is 10.0 Å². The summed E-state index contributed by atoms with van der Waals surface area (Å²) < 4.78 is 28.2. The fraction of sp³-hybridized carbons (Fsp3) is 0.259. The highest BCUT2D eigenvalue weighted by Gasteiger charge is 2.20. The first kappa shape index (κ1) is 24.6. The molecule has 2 amide bonds. The van der Waals surface area contributed by atoms with Crippen molar-refractivity contribution in [3.05, 3.63) is 101 Å². The second-order valence-corrected chi connectivity index (χ2v) is 10.4. The first-order valence-corrected chi connectivity index (χ1v) is 13.1. The summed E-state index contributed by atoms with van der Waals surface area (Å²) in [5.41, 5.74) is 3.20. The number of carbonyl (C=O) groups excluding carboxylic acids is 2. The van der Waals surface area contributed by atoms with Gasteiger partial charge in [0.05, 0.1) is 4.90 Å². The standard InChI is InChI=1S/C27H29N3O4S/c1-20-12-13-24(35(33,34)29-19-21-8-3-2-4-9-21)17-25(20)26(31)28-18-22-10-7-11-23(16-22)27(32)30-14-5-6-15-30/h2-4,7-13,16-17,29H,5-6,14-15,18-19H2,1H3,(H,28,31). The third-order valence-electron chi connectivity index (χ3n) is 6.09. The molecule has 1 aliphatic rings. The molecule has 0 radical (unpaired) electrons. The number of likely N-dealkylation sites (tertiary alicyclic amines) is 1.